The van der Waals surface area contributed by atoms with Crippen LogP contribution in [-0.4, -0.2) is 30.4 Å². The van der Waals surface area contributed by atoms with Crippen LogP contribution in [0.15, 0.2) is 43.0 Å². The van der Waals surface area contributed by atoms with Gasteiger partial charge in [0, 0.05) is 19.5 Å². The van der Waals surface area contributed by atoms with Crippen LogP contribution in [0.3, 0.4) is 0 Å². The monoisotopic (exact) mass is 300 g/mol. The Labute approximate surface area is 134 Å². The van der Waals surface area contributed by atoms with Crippen LogP contribution in [0, 0.1) is 11.8 Å². The molecule has 1 aromatic carbocycles. The van der Waals surface area contributed by atoms with Crippen molar-refractivity contribution in [3.8, 4) is 0 Å². The Hall–Kier alpha value is -1.61. The summed E-state index contributed by atoms with van der Waals surface area (Å²) in [5.74, 6) is 1.30. The van der Waals surface area contributed by atoms with E-state index < -0.39 is 0 Å². The molecule has 3 nitrogen and oxygen atoms in total. The lowest BCUT2D eigenvalue weighted by Crippen LogP contribution is -2.37. The number of amides is 1. The molecule has 3 heteroatoms. The first-order valence-electron chi connectivity index (χ1n) is 8.34. The van der Waals surface area contributed by atoms with Crippen molar-refractivity contribution in [1.82, 2.24) is 10.2 Å². The van der Waals surface area contributed by atoms with Gasteiger partial charge in [-0.15, -0.1) is 6.58 Å². The van der Waals surface area contributed by atoms with Crippen LogP contribution in [-0.2, 0) is 11.3 Å². The molecule has 1 aliphatic rings. The SMILES string of the molecule is C=CCN(Cc1ccccc1)C(=O)CC(C)C1CCCNC1. The minimum absolute atomic E-state index is 0.238. The number of rotatable bonds is 7. The standard InChI is InChI=1S/C19H28N2O/c1-3-12-21(15-17-8-5-4-6-9-17)19(22)13-16(2)18-10-7-11-20-14-18/h3-6,8-9,16,18,20H,1,7,10-15H2,2H3. The Morgan fingerprint density at radius 1 is 1.45 bits per heavy atom. The van der Waals surface area contributed by atoms with Crippen LogP contribution in [0.25, 0.3) is 0 Å². The summed E-state index contributed by atoms with van der Waals surface area (Å²) in [5.41, 5.74) is 1.17. The maximum Gasteiger partial charge on any atom is 0.223 e. The molecule has 2 rings (SSSR count). The lowest BCUT2D eigenvalue weighted by Gasteiger charge is -2.30. The molecule has 1 amide bonds. The van der Waals surface area contributed by atoms with Gasteiger partial charge in [0.05, 0.1) is 0 Å². The molecular weight excluding hydrogens is 272 g/mol. The predicted molar refractivity (Wildman–Crippen MR) is 91.4 cm³/mol. The Morgan fingerprint density at radius 2 is 2.23 bits per heavy atom. The molecule has 0 spiro atoms. The summed E-state index contributed by atoms with van der Waals surface area (Å²) < 4.78 is 0. The van der Waals surface area contributed by atoms with Crippen LogP contribution in [0.5, 0.6) is 0 Å². The van der Waals surface area contributed by atoms with Crippen molar-refractivity contribution >= 4 is 5.91 Å². The molecule has 22 heavy (non-hydrogen) atoms. The zero-order chi connectivity index (χ0) is 15.8. The van der Waals surface area contributed by atoms with E-state index in [1.165, 1.54) is 18.4 Å². The van der Waals surface area contributed by atoms with Gasteiger partial charge in [-0.05, 0) is 43.3 Å². The van der Waals surface area contributed by atoms with Crippen molar-refractivity contribution in [3.63, 3.8) is 0 Å². The zero-order valence-corrected chi connectivity index (χ0v) is 13.6. The summed E-state index contributed by atoms with van der Waals surface area (Å²) in [6.45, 7) is 9.45. The van der Waals surface area contributed by atoms with E-state index in [0.717, 1.165) is 13.1 Å². The molecule has 1 aliphatic heterocycles. The fourth-order valence-electron chi connectivity index (χ4n) is 3.15. The number of carbonyl (C=O) groups is 1. The van der Waals surface area contributed by atoms with E-state index >= 15 is 0 Å². The van der Waals surface area contributed by atoms with Crippen molar-refractivity contribution in [1.29, 1.82) is 0 Å². The Morgan fingerprint density at radius 3 is 2.86 bits per heavy atom. The number of hydrogen-bond acceptors (Lipinski definition) is 2. The van der Waals surface area contributed by atoms with Gasteiger partial charge in [-0.25, -0.2) is 0 Å². The van der Waals surface area contributed by atoms with Gasteiger partial charge < -0.3 is 10.2 Å². The summed E-state index contributed by atoms with van der Waals surface area (Å²) in [7, 11) is 0. The Kier molecular flexibility index (Phi) is 6.66. The summed E-state index contributed by atoms with van der Waals surface area (Å²) >= 11 is 0. The lowest BCUT2D eigenvalue weighted by molar-refractivity contribution is -0.132. The van der Waals surface area contributed by atoms with Gasteiger partial charge in [-0.2, -0.15) is 0 Å². The molecule has 1 aromatic rings. The van der Waals surface area contributed by atoms with E-state index in [2.05, 4.69) is 31.0 Å². The van der Waals surface area contributed by atoms with Gasteiger partial charge in [-0.3, -0.25) is 4.79 Å². The van der Waals surface area contributed by atoms with E-state index in [9.17, 15) is 4.79 Å². The number of nitrogens with zero attached hydrogens (tertiary/aromatic N) is 1. The molecule has 1 N–H and O–H groups in total. The topological polar surface area (TPSA) is 32.3 Å². The molecule has 1 saturated heterocycles. The molecule has 0 bridgehead atoms. The second kappa shape index (κ2) is 8.74. The average molecular weight is 300 g/mol. The quantitative estimate of drug-likeness (QED) is 0.784. The molecule has 0 aliphatic carbocycles. The van der Waals surface area contributed by atoms with Crippen molar-refractivity contribution in [3.05, 3.63) is 48.6 Å². The van der Waals surface area contributed by atoms with Crippen LogP contribution >= 0.6 is 0 Å². The molecule has 1 fully saturated rings. The van der Waals surface area contributed by atoms with Crippen molar-refractivity contribution < 1.29 is 4.79 Å². The fraction of sp³-hybridized carbons (Fsp3) is 0.526. The van der Waals surface area contributed by atoms with E-state index in [1.807, 2.05) is 29.2 Å². The van der Waals surface area contributed by atoms with E-state index in [0.29, 0.717) is 31.3 Å². The largest absolute Gasteiger partial charge is 0.335 e. The minimum atomic E-state index is 0.238. The second-order valence-corrected chi connectivity index (χ2v) is 6.34. The summed E-state index contributed by atoms with van der Waals surface area (Å²) in [6.07, 6.45) is 4.91. The first-order chi connectivity index (χ1) is 10.7. The van der Waals surface area contributed by atoms with Crippen molar-refractivity contribution in [2.24, 2.45) is 11.8 Å². The van der Waals surface area contributed by atoms with Crippen LogP contribution in [0.1, 0.15) is 31.7 Å². The Bertz CT molecular complexity index is 466. The molecule has 2 unspecified atom stereocenters. The first-order valence-corrected chi connectivity index (χ1v) is 8.34. The summed E-state index contributed by atoms with van der Waals surface area (Å²) in [6, 6.07) is 10.2. The van der Waals surface area contributed by atoms with E-state index in [4.69, 9.17) is 0 Å². The van der Waals surface area contributed by atoms with Gasteiger partial charge in [-0.1, -0.05) is 43.3 Å². The third-order valence-electron chi connectivity index (χ3n) is 4.55. The van der Waals surface area contributed by atoms with E-state index in [1.54, 1.807) is 0 Å². The highest BCUT2D eigenvalue weighted by molar-refractivity contribution is 5.76. The molecule has 0 radical (unpaired) electrons. The molecule has 2 atom stereocenters. The van der Waals surface area contributed by atoms with Crippen LogP contribution < -0.4 is 5.32 Å². The predicted octanol–water partition coefficient (Wildman–Crippen LogP) is 3.23. The van der Waals surface area contributed by atoms with Gasteiger partial charge in [0.15, 0.2) is 0 Å². The zero-order valence-electron chi connectivity index (χ0n) is 13.6. The second-order valence-electron chi connectivity index (χ2n) is 6.34. The van der Waals surface area contributed by atoms with Gasteiger partial charge in [0.2, 0.25) is 5.91 Å². The fourth-order valence-corrected chi connectivity index (χ4v) is 3.15. The van der Waals surface area contributed by atoms with E-state index in [-0.39, 0.29) is 5.91 Å². The number of nitrogens with one attached hydrogen (secondary N) is 1. The number of hydrogen-bond donors (Lipinski definition) is 1. The summed E-state index contributed by atoms with van der Waals surface area (Å²) in [5, 5.41) is 3.44. The third kappa shape index (κ3) is 4.99. The van der Waals surface area contributed by atoms with Crippen molar-refractivity contribution in [2.75, 3.05) is 19.6 Å². The molecular formula is C19H28N2O. The lowest BCUT2D eigenvalue weighted by atomic mass is 9.85. The molecule has 0 saturated carbocycles. The molecule has 120 valence electrons. The summed E-state index contributed by atoms with van der Waals surface area (Å²) in [4.78, 5) is 14.6. The number of piperidine rings is 1. The Balaban J connectivity index is 1.92. The normalized spacial score (nSPS) is 19.4. The highest BCUT2D eigenvalue weighted by Crippen LogP contribution is 2.23. The van der Waals surface area contributed by atoms with Crippen LogP contribution in [0.4, 0.5) is 0 Å². The maximum atomic E-state index is 12.6. The maximum absolute atomic E-state index is 12.6. The van der Waals surface area contributed by atoms with Gasteiger partial charge in [0.1, 0.15) is 0 Å². The number of benzene rings is 1. The highest BCUT2D eigenvalue weighted by atomic mass is 16.2. The van der Waals surface area contributed by atoms with Gasteiger partial charge >= 0.3 is 0 Å². The number of carbonyl (C=O) groups excluding carboxylic acids is 1. The molecule has 0 aromatic heterocycles. The first kappa shape index (κ1) is 16.8. The third-order valence-corrected chi connectivity index (χ3v) is 4.55. The van der Waals surface area contributed by atoms with Crippen molar-refractivity contribution in [2.45, 2.75) is 32.7 Å². The highest BCUT2D eigenvalue weighted by Gasteiger charge is 2.24. The molecule has 1 heterocycles. The minimum Gasteiger partial charge on any atom is -0.335 e. The average Bonchev–Trinajstić information content (AvgIpc) is 2.56. The van der Waals surface area contributed by atoms with Crippen LogP contribution in [0.2, 0.25) is 0 Å². The smallest absolute Gasteiger partial charge is 0.223 e. The van der Waals surface area contributed by atoms with Gasteiger partial charge in [0.25, 0.3) is 0 Å².